The van der Waals surface area contributed by atoms with E-state index in [9.17, 15) is 13.2 Å². The third-order valence-corrected chi connectivity index (χ3v) is 4.32. The van der Waals surface area contributed by atoms with Crippen molar-refractivity contribution < 1.29 is 13.2 Å². The van der Waals surface area contributed by atoms with Crippen LogP contribution >= 0.6 is 0 Å². The van der Waals surface area contributed by atoms with Crippen molar-refractivity contribution in [1.82, 2.24) is 0 Å². The Balaban J connectivity index is 2.08. The summed E-state index contributed by atoms with van der Waals surface area (Å²) in [6.07, 6.45) is 0.816. The van der Waals surface area contributed by atoms with Crippen molar-refractivity contribution in [3.05, 3.63) is 60.2 Å². The predicted molar refractivity (Wildman–Crippen MR) is 81.2 cm³/mol. The highest BCUT2D eigenvalue weighted by atomic mass is 32.2. The molecule has 5 nitrogen and oxygen atoms in total. The molecule has 0 unspecified atom stereocenters. The molecule has 0 aromatic heterocycles. The van der Waals surface area contributed by atoms with Crippen molar-refractivity contribution in [1.29, 1.82) is 0 Å². The Morgan fingerprint density at radius 2 is 1.62 bits per heavy atom. The van der Waals surface area contributed by atoms with Crippen LogP contribution in [-0.4, -0.2) is 14.3 Å². The normalized spacial score (nSPS) is 11.0. The molecule has 0 bridgehead atoms. The molecule has 2 aromatic carbocycles. The van der Waals surface area contributed by atoms with Gasteiger partial charge in [-0.3, -0.25) is 9.52 Å². The van der Waals surface area contributed by atoms with E-state index in [-0.39, 0.29) is 17.2 Å². The molecule has 0 fully saturated rings. The summed E-state index contributed by atoms with van der Waals surface area (Å²) < 4.78 is 26.8. The predicted octanol–water partition coefficient (Wildman–Crippen LogP) is 1.91. The van der Waals surface area contributed by atoms with Crippen LogP contribution in [0.4, 0.5) is 5.69 Å². The van der Waals surface area contributed by atoms with Gasteiger partial charge in [0.2, 0.25) is 5.91 Å². The molecule has 2 rings (SSSR count). The van der Waals surface area contributed by atoms with E-state index in [2.05, 4.69) is 4.72 Å². The smallest absolute Gasteiger partial charge is 0.261 e. The second-order valence-corrected chi connectivity index (χ2v) is 6.26. The van der Waals surface area contributed by atoms with Crippen LogP contribution in [0, 0.1) is 0 Å². The summed E-state index contributed by atoms with van der Waals surface area (Å²) in [7, 11) is -3.58. The third-order valence-electron chi connectivity index (χ3n) is 2.92. The molecule has 0 aliphatic rings. The van der Waals surface area contributed by atoms with Crippen LogP contribution in [0.5, 0.6) is 0 Å². The Morgan fingerprint density at radius 1 is 1.00 bits per heavy atom. The van der Waals surface area contributed by atoms with Gasteiger partial charge in [0.05, 0.1) is 4.90 Å². The molecule has 0 saturated carbocycles. The van der Waals surface area contributed by atoms with Gasteiger partial charge in [-0.05, 0) is 36.2 Å². The number of benzene rings is 2. The highest BCUT2D eigenvalue weighted by Gasteiger charge is 2.13. The molecule has 1 amide bonds. The number of nitrogens with one attached hydrogen (secondary N) is 1. The monoisotopic (exact) mass is 304 g/mol. The molecule has 0 radical (unpaired) electrons. The first-order valence-corrected chi connectivity index (χ1v) is 7.91. The van der Waals surface area contributed by atoms with Crippen LogP contribution < -0.4 is 10.5 Å². The number of amides is 1. The van der Waals surface area contributed by atoms with Crippen molar-refractivity contribution in [2.24, 2.45) is 5.73 Å². The Labute approximate surface area is 123 Å². The molecule has 2 aromatic rings. The van der Waals surface area contributed by atoms with Gasteiger partial charge >= 0.3 is 0 Å². The van der Waals surface area contributed by atoms with E-state index in [0.29, 0.717) is 12.1 Å². The molecule has 110 valence electrons. The maximum atomic E-state index is 12.1. The largest absolute Gasteiger partial charge is 0.370 e. The zero-order chi connectivity index (χ0) is 15.3. The first-order valence-electron chi connectivity index (χ1n) is 6.42. The van der Waals surface area contributed by atoms with Gasteiger partial charge in [-0.15, -0.1) is 0 Å². The molecule has 0 aliphatic carbocycles. The summed E-state index contributed by atoms with van der Waals surface area (Å²) in [5, 5.41) is 0. The molecule has 3 N–H and O–H groups in total. The van der Waals surface area contributed by atoms with Crippen LogP contribution in [0.2, 0.25) is 0 Å². The molecular formula is C15H16N2O3S. The van der Waals surface area contributed by atoms with Gasteiger partial charge in [0.15, 0.2) is 0 Å². The second-order valence-electron chi connectivity index (χ2n) is 4.58. The van der Waals surface area contributed by atoms with E-state index in [1.165, 1.54) is 12.1 Å². The topological polar surface area (TPSA) is 89.3 Å². The number of hydrogen-bond acceptors (Lipinski definition) is 3. The quantitative estimate of drug-likeness (QED) is 0.854. The number of carbonyl (C=O) groups is 1. The minimum absolute atomic E-state index is 0.211. The summed E-state index contributed by atoms with van der Waals surface area (Å²) in [6.45, 7) is 0. The third kappa shape index (κ3) is 4.32. The Bertz CT molecular complexity index is 710. The summed E-state index contributed by atoms with van der Waals surface area (Å²) in [4.78, 5) is 10.9. The average Bonchev–Trinajstić information content (AvgIpc) is 2.47. The van der Waals surface area contributed by atoms with Crippen LogP contribution in [-0.2, 0) is 21.2 Å². The number of carbonyl (C=O) groups excluding carboxylic acids is 1. The Hall–Kier alpha value is -2.34. The van der Waals surface area contributed by atoms with Gasteiger partial charge in [-0.25, -0.2) is 8.42 Å². The van der Waals surface area contributed by atoms with Crippen LogP contribution in [0.1, 0.15) is 12.0 Å². The standard InChI is InChI=1S/C15H16N2O3S/c16-15(18)11-8-12-6-9-13(10-7-12)17-21(19,20)14-4-2-1-3-5-14/h1-7,9-10,17H,8,11H2,(H2,16,18). The molecule has 0 aliphatic heterocycles. The molecule has 6 heteroatoms. The van der Waals surface area contributed by atoms with E-state index >= 15 is 0 Å². The van der Waals surface area contributed by atoms with E-state index < -0.39 is 10.0 Å². The van der Waals surface area contributed by atoms with Gasteiger partial charge < -0.3 is 5.73 Å². The highest BCUT2D eigenvalue weighted by Crippen LogP contribution is 2.16. The lowest BCUT2D eigenvalue weighted by atomic mass is 10.1. The number of anilines is 1. The summed E-state index contributed by atoms with van der Waals surface area (Å²) in [6, 6.07) is 15.0. The van der Waals surface area contributed by atoms with E-state index in [1.807, 2.05) is 0 Å². The fraction of sp³-hybridized carbons (Fsp3) is 0.133. The summed E-state index contributed by atoms with van der Waals surface area (Å²) in [5.41, 5.74) is 6.49. The van der Waals surface area contributed by atoms with Crippen molar-refractivity contribution >= 4 is 21.6 Å². The van der Waals surface area contributed by atoms with Crippen LogP contribution in [0.25, 0.3) is 0 Å². The Kier molecular flexibility index (Phi) is 4.59. The van der Waals surface area contributed by atoms with Crippen LogP contribution in [0.15, 0.2) is 59.5 Å². The lowest BCUT2D eigenvalue weighted by Gasteiger charge is -2.08. The van der Waals surface area contributed by atoms with Crippen molar-refractivity contribution in [2.45, 2.75) is 17.7 Å². The van der Waals surface area contributed by atoms with Gasteiger partial charge in [0.1, 0.15) is 0 Å². The summed E-state index contributed by atoms with van der Waals surface area (Å²) >= 11 is 0. The average molecular weight is 304 g/mol. The zero-order valence-electron chi connectivity index (χ0n) is 11.3. The van der Waals surface area contributed by atoms with Gasteiger partial charge in [0, 0.05) is 12.1 Å². The second kappa shape index (κ2) is 6.41. The molecular weight excluding hydrogens is 288 g/mol. The SMILES string of the molecule is NC(=O)CCc1ccc(NS(=O)(=O)c2ccccc2)cc1. The Morgan fingerprint density at radius 3 is 2.19 bits per heavy atom. The molecule has 0 atom stereocenters. The molecule has 0 saturated heterocycles. The van der Waals surface area contributed by atoms with E-state index in [0.717, 1.165) is 5.56 Å². The molecule has 21 heavy (non-hydrogen) atoms. The first kappa shape index (κ1) is 15.1. The summed E-state index contributed by atoms with van der Waals surface area (Å²) in [5.74, 6) is -0.358. The minimum atomic E-state index is -3.58. The van der Waals surface area contributed by atoms with Gasteiger partial charge in [-0.2, -0.15) is 0 Å². The number of primary amides is 1. The lowest BCUT2D eigenvalue weighted by Crippen LogP contribution is -2.13. The fourth-order valence-electron chi connectivity index (χ4n) is 1.82. The van der Waals surface area contributed by atoms with Crippen molar-refractivity contribution in [3.63, 3.8) is 0 Å². The molecule has 0 spiro atoms. The highest BCUT2D eigenvalue weighted by molar-refractivity contribution is 7.92. The fourth-order valence-corrected chi connectivity index (χ4v) is 2.90. The maximum Gasteiger partial charge on any atom is 0.261 e. The van der Waals surface area contributed by atoms with Crippen molar-refractivity contribution in [3.8, 4) is 0 Å². The minimum Gasteiger partial charge on any atom is -0.370 e. The lowest BCUT2D eigenvalue weighted by molar-refractivity contribution is -0.117. The van der Waals surface area contributed by atoms with Crippen LogP contribution in [0.3, 0.4) is 0 Å². The van der Waals surface area contributed by atoms with Crippen molar-refractivity contribution in [2.75, 3.05) is 4.72 Å². The number of rotatable bonds is 6. The maximum absolute atomic E-state index is 12.1. The molecule has 0 heterocycles. The zero-order valence-corrected chi connectivity index (χ0v) is 12.1. The first-order chi connectivity index (χ1) is 9.97. The number of sulfonamides is 1. The van der Waals surface area contributed by atoms with Gasteiger partial charge in [-0.1, -0.05) is 30.3 Å². The number of aryl methyl sites for hydroxylation is 1. The number of hydrogen-bond donors (Lipinski definition) is 2. The van der Waals surface area contributed by atoms with E-state index in [1.54, 1.807) is 42.5 Å². The van der Waals surface area contributed by atoms with Gasteiger partial charge in [0.25, 0.3) is 10.0 Å². The van der Waals surface area contributed by atoms with E-state index in [4.69, 9.17) is 5.73 Å². The number of nitrogens with two attached hydrogens (primary N) is 1.